The predicted molar refractivity (Wildman–Crippen MR) is 81.1 cm³/mol. The fourth-order valence-electron chi connectivity index (χ4n) is 1.95. The van der Waals surface area contributed by atoms with Crippen molar-refractivity contribution in [3.8, 4) is 0 Å². The van der Waals surface area contributed by atoms with Crippen molar-refractivity contribution in [1.82, 2.24) is 4.90 Å². The lowest BCUT2D eigenvalue weighted by Crippen LogP contribution is -2.26. The topological polar surface area (TPSA) is 20.3 Å². The van der Waals surface area contributed by atoms with Crippen molar-refractivity contribution >= 4 is 21.8 Å². The first-order valence-corrected chi connectivity index (χ1v) is 7.03. The van der Waals surface area contributed by atoms with Gasteiger partial charge in [0.05, 0.1) is 0 Å². The second-order valence-electron chi connectivity index (χ2n) is 4.72. The zero-order chi connectivity index (χ0) is 14.7. The summed E-state index contributed by atoms with van der Waals surface area (Å²) in [7, 11) is 1.67. The third kappa shape index (κ3) is 3.25. The maximum Gasteiger partial charge on any atom is 0.253 e. The number of nitrogens with zero attached hydrogens (tertiary/aromatic N) is 1. The molecule has 0 saturated carbocycles. The number of aryl methyl sites for hydroxylation is 1. The molecule has 0 aliphatic carbocycles. The monoisotopic (exact) mass is 335 g/mol. The Morgan fingerprint density at radius 1 is 1.25 bits per heavy atom. The van der Waals surface area contributed by atoms with Crippen LogP contribution in [0.15, 0.2) is 46.9 Å². The van der Waals surface area contributed by atoms with Gasteiger partial charge in [-0.05, 0) is 36.8 Å². The summed E-state index contributed by atoms with van der Waals surface area (Å²) >= 11 is 3.40. The maximum atomic E-state index is 13.6. The van der Waals surface area contributed by atoms with Crippen molar-refractivity contribution in [2.24, 2.45) is 0 Å². The summed E-state index contributed by atoms with van der Waals surface area (Å²) in [4.78, 5) is 13.8. The van der Waals surface area contributed by atoms with Crippen molar-refractivity contribution in [1.29, 1.82) is 0 Å². The average molecular weight is 336 g/mol. The Morgan fingerprint density at radius 2 is 1.95 bits per heavy atom. The van der Waals surface area contributed by atoms with Crippen molar-refractivity contribution in [2.75, 3.05) is 7.05 Å². The van der Waals surface area contributed by atoms with E-state index in [9.17, 15) is 9.18 Å². The lowest BCUT2D eigenvalue weighted by Gasteiger charge is -2.18. The van der Waals surface area contributed by atoms with E-state index in [0.29, 0.717) is 11.1 Å². The fraction of sp³-hybridized carbons (Fsp3) is 0.188. The third-order valence-corrected chi connectivity index (χ3v) is 4.01. The molecule has 0 bridgehead atoms. The second kappa shape index (κ2) is 6.18. The summed E-state index contributed by atoms with van der Waals surface area (Å²) in [6.45, 7) is 2.18. The van der Waals surface area contributed by atoms with Crippen LogP contribution in [0.2, 0.25) is 0 Å². The van der Waals surface area contributed by atoms with Crippen LogP contribution in [0.1, 0.15) is 21.5 Å². The van der Waals surface area contributed by atoms with Crippen LogP contribution in [0.3, 0.4) is 0 Å². The lowest BCUT2D eigenvalue weighted by atomic mass is 10.1. The summed E-state index contributed by atoms with van der Waals surface area (Å²) < 4.78 is 14.6. The molecule has 0 aromatic heterocycles. The number of hydrogen-bond donors (Lipinski definition) is 0. The molecule has 0 radical (unpaired) electrons. The van der Waals surface area contributed by atoms with Crippen LogP contribution in [0.25, 0.3) is 0 Å². The highest BCUT2D eigenvalue weighted by molar-refractivity contribution is 9.10. The maximum absolute atomic E-state index is 13.6. The van der Waals surface area contributed by atoms with E-state index in [1.54, 1.807) is 31.3 Å². The van der Waals surface area contributed by atoms with Crippen LogP contribution in [0.4, 0.5) is 4.39 Å². The number of carbonyl (C=O) groups is 1. The molecule has 0 saturated heterocycles. The van der Waals surface area contributed by atoms with Gasteiger partial charge in [-0.1, -0.05) is 34.1 Å². The Hall–Kier alpha value is -1.68. The van der Waals surface area contributed by atoms with Gasteiger partial charge in [-0.2, -0.15) is 0 Å². The molecule has 0 fully saturated rings. The molecule has 0 heterocycles. The van der Waals surface area contributed by atoms with Crippen LogP contribution in [0.5, 0.6) is 0 Å². The largest absolute Gasteiger partial charge is 0.337 e. The quantitative estimate of drug-likeness (QED) is 0.824. The molecule has 0 spiro atoms. The number of rotatable bonds is 3. The van der Waals surface area contributed by atoms with E-state index >= 15 is 0 Å². The molecular weight excluding hydrogens is 321 g/mol. The summed E-state index contributed by atoms with van der Waals surface area (Å²) in [6.07, 6.45) is 0. The highest BCUT2D eigenvalue weighted by atomic mass is 79.9. The minimum absolute atomic E-state index is 0.121. The summed E-state index contributed by atoms with van der Waals surface area (Å²) in [5.74, 6) is -0.414. The number of benzene rings is 2. The lowest BCUT2D eigenvalue weighted by molar-refractivity contribution is 0.0783. The van der Waals surface area contributed by atoms with Gasteiger partial charge in [-0.3, -0.25) is 4.79 Å². The van der Waals surface area contributed by atoms with Gasteiger partial charge in [0.2, 0.25) is 0 Å². The first-order chi connectivity index (χ1) is 9.49. The highest BCUT2D eigenvalue weighted by Crippen LogP contribution is 2.18. The number of amides is 1. The van der Waals surface area contributed by atoms with E-state index in [4.69, 9.17) is 0 Å². The van der Waals surface area contributed by atoms with Gasteiger partial charge in [-0.25, -0.2) is 4.39 Å². The van der Waals surface area contributed by atoms with Gasteiger partial charge >= 0.3 is 0 Å². The van der Waals surface area contributed by atoms with Gasteiger partial charge in [0.25, 0.3) is 5.91 Å². The first-order valence-electron chi connectivity index (χ1n) is 6.24. The predicted octanol–water partition coefficient (Wildman–Crippen LogP) is 4.17. The molecule has 0 aliphatic heterocycles. The van der Waals surface area contributed by atoms with E-state index in [0.717, 1.165) is 10.0 Å². The van der Waals surface area contributed by atoms with Crippen LogP contribution >= 0.6 is 15.9 Å². The van der Waals surface area contributed by atoms with Crippen molar-refractivity contribution < 1.29 is 9.18 Å². The van der Waals surface area contributed by atoms with Crippen molar-refractivity contribution in [2.45, 2.75) is 13.5 Å². The first kappa shape index (κ1) is 14.7. The Morgan fingerprint density at radius 3 is 2.60 bits per heavy atom. The summed E-state index contributed by atoms with van der Waals surface area (Å²) in [5.41, 5.74) is 2.11. The van der Waals surface area contributed by atoms with Gasteiger partial charge in [0.15, 0.2) is 0 Å². The van der Waals surface area contributed by atoms with Crippen LogP contribution in [0, 0.1) is 12.7 Å². The standard InChI is InChI=1S/C16H15BrFNO/c1-11-9-12(7-8-14(11)17)16(20)19(2)10-13-5-3-4-6-15(13)18/h3-9H,10H2,1-2H3. The Bertz CT molecular complexity index is 642. The Balaban J connectivity index is 2.16. The van der Waals surface area contributed by atoms with Gasteiger partial charge in [0, 0.05) is 29.2 Å². The average Bonchev–Trinajstić information content (AvgIpc) is 2.43. The third-order valence-electron chi connectivity index (χ3n) is 3.12. The zero-order valence-corrected chi connectivity index (χ0v) is 12.9. The van der Waals surface area contributed by atoms with Crippen LogP contribution < -0.4 is 0 Å². The van der Waals surface area contributed by atoms with Crippen molar-refractivity contribution in [3.05, 3.63) is 69.4 Å². The normalized spacial score (nSPS) is 10.4. The summed E-state index contributed by atoms with van der Waals surface area (Å²) in [5, 5.41) is 0. The van der Waals surface area contributed by atoms with Gasteiger partial charge < -0.3 is 4.90 Å². The number of halogens is 2. The SMILES string of the molecule is Cc1cc(C(=O)N(C)Cc2ccccc2F)ccc1Br. The van der Waals surface area contributed by atoms with E-state index < -0.39 is 0 Å². The Kier molecular flexibility index (Phi) is 4.55. The van der Waals surface area contributed by atoms with Crippen molar-refractivity contribution in [3.63, 3.8) is 0 Å². The minimum Gasteiger partial charge on any atom is -0.337 e. The molecule has 1 amide bonds. The van der Waals surface area contributed by atoms with E-state index in [2.05, 4.69) is 15.9 Å². The molecular formula is C16H15BrFNO. The fourth-order valence-corrected chi connectivity index (χ4v) is 2.20. The molecule has 0 unspecified atom stereocenters. The number of carbonyl (C=O) groups excluding carboxylic acids is 1. The Labute approximate surface area is 126 Å². The molecule has 2 nitrogen and oxygen atoms in total. The molecule has 104 valence electrons. The van der Waals surface area contributed by atoms with Gasteiger partial charge in [-0.15, -0.1) is 0 Å². The molecule has 2 aromatic carbocycles. The zero-order valence-electron chi connectivity index (χ0n) is 11.4. The van der Waals surface area contributed by atoms with E-state index in [-0.39, 0.29) is 18.3 Å². The summed E-state index contributed by atoms with van der Waals surface area (Å²) in [6, 6.07) is 11.9. The molecule has 0 atom stereocenters. The highest BCUT2D eigenvalue weighted by Gasteiger charge is 2.14. The molecule has 2 rings (SSSR count). The molecule has 2 aromatic rings. The molecule has 4 heteroatoms. The van der Waals surface area contributed by atoms with E-state index in [1.807, 2.05) is 19.1 Å². The molecule has 0 aliphatic rings. The van der Waals surface area contributed by atoms with Crippen LogP contribution in [-0.2, 0) is 6.54 Å². The molecule has 0 N–H and O–H groups in total. The van der Waals surface area contributed by atoms with Gasteiger partial charge in [0.1, 0.15) is 5.82 Å². The van der Waals surface area contributed by atoms with Crippen LogP contribution in [-0.4, -0.2) is 17.9 Å². The smallest absolute Gasteiger partial charge is 0.253 e. The van der Waals surface area contributed by atoms with E-state index in [1.165, 1.54) is 11.0 Å². The second-order valence-corrected chi connectivity index (χ2v) is 5.57. The molecule has 20 heavy (non-hydrogen) atoms. The number of hydrogen-bond acceptors (Lipinski definition) is 1. The minimum atomic E-state index is -0.292.